The van der Waals surface area contributed by atoms with E-state index in [2.05, 4.69) is 46.4 Å². The van der Waals surface area contributed by atoms with Gasteiger partial charge < -0.3 is 19.1 Å². The van der Waals surface area contributed by atoms with Crippen LogP contribution in [0.3, 0.4) is 0 Å². The average molecular weight is 354 g/mol. The third kappa shape index (κ3) is 3.45. The lowest BCUT2D eigenvalue weighted by atomic mass is 9.99. The average Bonchev–Trinajstić information content (AvgIpc) is 2.95. The number of piperidine rings is 1. The lowest BCUT2D eigenvalue weighted by molar-refractivity contribution is 0.0762. The van der Waals surface area contributed by atoms with Crippen molar-refractivity contribution in [1.82, 2.24) is 14.2 Å². The molecule has 1 amide bonds. The Labute approximate surface area is 156 Å². The smallest absolute Gasteiger partial charge is 0.255 e. The molecule has 0 aliphatic carbocycles. The van der Waals surface area contributed by atoms with Gasteiger partial charge in [-0.05, 0) is 63.0 Å². The Bertz CT molecular complexity index is 775. The molecule has 0 saturated carbocycles. The van der Waals surface area contributed by atoms with Crippen LogP contribution in [0.25, 0.3) is 5.52 Å². The van der Waals surface area contributed by atoms with E-state index < -0.39 is 0 Å². The predicted molar refractivity (Wildman–Crippen MR) is 106 cm³/mol. The highest BCUT2D eigenvalue weighted by atomic mass is 16.2. The molecule has 0 radical (unpaired) electrons. The van der Waals surface area contributed by atoms with Crippen LogP contribution in [0, 0.1) is 5.92 Å². The van der Waals surface area contributed by atoms with Crippen molar-refractivity contribution in [3.05, 3.63) is 36.0 Å². The highest BCUT2D eigenvalue weighted by molar-refractivity contribution is 5.94. The molecular formula is C21H30N4O. The van der Waals surface area contributed by atoms with Gasteiger partial charge in [0.1, 0.15) is 5.82 Å². The topological polar surface area (TPSA) is 31.2 Å². The summed E-state index contributed by atoms with van der Waals surface area (Å²) in [6, 6.07) is 8.41. The highest BCUT2D eigenvalue weighted by Gasteiger charge is 2.21. The molecule has 5 heteroatoms. The number of fused-ring (bicyclic) bond motifs is 1. The number of carbonyl (C=O) groups is 1. The van der Waals surface area contributed by atoms with Crippen molar-refractivity contribution in [2.45, 2.75) is 26.2 Å². The van der Waals surface area contributed by atoms with Crippen molar-refractivity contribution in [1.29, 1.82) is 0 Å². The number of nitrogens with zero attached hydrogens (tertiary/aromatic N) is 4. The SMILES string of the molecule is CC1CCN(c2ccc3ccc(C(=O)N4CCCN(C)CC4)cn23)CC1. The van der Waals surface area contributed by atoms with Gasteiger partial charge in [-0.2, -0.15) is 0 Å². The van der Waals surface area contributed by atoms with Gasteiger partial charge >= 0.3 is 0 Å². The minimum absolute atomic E-state index is 0.161. The molecule has 2 aliphatic heterocycles. The fourth-order valence-corrected chi connectivity index (χ4v) is 4.14. The first-order chi connectivity index (χ1) is 12.6. The molecule has 0 bridgehead atoms. The van der Waals surface area contributed by atoms with Gasteiger partial charge in [0.15, 0.2) is 0 Å². The second-order valence-corrected chi connectivity index (χ2v) is 8.02. The van der Waals surface area contributed by atoms with E-state index in [0.717, 1.165) is 62.7 Å². The summed E-state index contributed by atoms with van der Waals surface area (Å²) >= 11 is 0. The molecule has 2 aromatic rings. The van der Waals surface area contributed by atoms with Crippen molar-refractivity contribution >= 4 is 17.2 Å². The number of anilines is 1. The summed E-state index contributed by atoms with van der Waals surface area (Å²) in [5.41, 5.74) is 1.95. The van der Waals surface area contributed by atoms with Crippen LogP contribution in [0.15, 0.2) is 30.5 Å². The maximum Gasteiger partial charge on any atom is 0.255 e. The first-order valence-electron chi connectivity index (χ1n) is 9.96. The Morgan fingerprint density at radius 2 is 1.73 bits per heavy atom. The molecule has 2 aliphatic rings. The van der Waals surface area contributed by atoms with E-state index in [1.807, 2.05) is 17.2 Å². The standard InChI is InChI=1S/C21H30N4O/c1-17-8-12-23(13-9-17)20-7-6-19-5-4-18(16-25(19)20)21(26)24-11-3-10-22(2)14-15-24/h4-7,16-17H,3,8-15H2,1-2H3. The molecule has 0 atom stereocenters. The van der Waals surface area contributed by atoms with Gasteiger partial charge in [0.05, 0.1) is 5.56 Å². The number of pyridine rings is 1. The van der Waals surface area contributed by atoms with Crippen LogP contribution in [-0.4, -0.2) is 66.4 Å². The van der Waals surface area contributed by atoms with E-state index in [-0.39, 0.29) is 5.91 Å². The first kappa shape index (κ1) is 17.4. The van der Waals surface area contributed by atoms with E-state index in [0.29, 0.717) is 0 Å². The molecule has 140 valence electrons. The van der Waals surface area contributed by atoms with Crippen LogP contribution in [0.4, 0.5) is 5.82 Å². The van der Waals surface area contributed by atoms with E-state index in [9.17, 15) is 4.79 Å². The second kappa shape index (κ2) is 7.31. The summed E-state index contributed by atoms with van der Waals surface area (Å²) in [4.78, 5) is 19.8. The van der Waals surface area contributed by atoms with Gasteiger partial charge in [-0.15, -0.1) is 0 Å². The summed E-state index contributed by atoms with van der Waals surface area (Å²) in [6.07, 6.45) is 5.57. The summed E-state index contributed by atoms with van der Waals surface area (Å²) < 4.78 is 2.20. The normalized spacial score (nSPS) is 20.5. The van der Waals surface area contributed by atoms with E-state index in [1.165, 1.54) is 18.7 Å². The predicted octanol–water partition coefficient (Wildman–Crippen LogP) is 2.95. The van der Waals surface area contributed by atoms with Gasteiger partial charge in [-0.3, -0.25) is 4.79 Å². The van der Waals surface area contributed by atoms with Gasteiger partial charge in [0, 0.05) is 44.4 Å². The Balaban J connectivity index is 1.58. The van der Waals surface area contributed by atoms with Gasteiger partial charge in [0.2, 0.25) is 0 Å². The highest BCUT2D eigenvalue weighted by Crippen LogP contribution is 2.26. The summed E-state index contributed by atoms with van der Waals surface area (Å²) in [5.74, 6) is 2.20. The zero-order valence-electron chi connectivity index (χ0n) is 16.0. The van der Waals surface area contributed by atoms with Crippen molar-refractivity contribution < 1.29 is 4.79 Å². The number of amides is 1. The fraction of sp³-hybridized carbons (Fsp3) is 0.571. The lowest BCUT2D eigenvalue weighted by Crippen LogP contribution is -2.35. The van der Waals surface area contributed by atoms with Crippen LogP contribution >= 0.6 is 0 Å². The van der Waals surface area contributed by atoms with E-state index in [1.54, 1.807) is 0 Å². The Hall–Kier alpha value is -2.01. The maximum atomic E-state index is 13.0. The number of likely N-dealkylation sites (N-methyl/N-ethyl adjacent to an activating group) is 1. The van der Waals surface area contributed by atoms with Gasteiger partial charge in [-0.1, -0.05) is 6.92 Å². The number of rotatable bonds is 2. The zero-order chi connectivity index (χ0) is 18.1. The van der Waals surface area contributed by atoms with Gasteiger partial charge in [-0.25, -0.2) is 0 Å². The van der Waals surface area contributed by atoms with Crippen LogP contribution in [0.2, 0.25) is 0 Å². The molecule has 4 heterocycles. The van der Waals surface area contributed by atoms with Gasteiger partial charge in [0.25, 0.3) is 5.91 Å². The second-order valence-electron chi connectivity index (χ2n) is 8.02. The minimum atomic E-state index is 0.161. The summed E-state index contributed by atoms with van der Waals surface area (Å²) in [5, 5.41) is 0. The number of hydrogen-bond acceptors (Lipinski definition) is 3. The summed E-state index contributed by atoms with van der Waals surface area (Å²) in [7, 11) is 2.13. The van der Waals surface area contributed by atoms with Crippen LogP contribution in [0.5, 0.6) is 0 Å². The van der Waals surface area contributed by atoms with Crippen molar-refractivity contribution in [3.8, 4) is 0 Å². The van der Waals surface area contributed by atoms with Crippen molar-refractivity contribution in [2.75, 3.05) is 51.2 Å². The molecular weight excluding hydrogens is 324 g/mol. The molecule has 26 heavy (non-hydrogen) atoms. The molecule has 2 fully saturated rings. The molecule has 2 aromatic heterocycles. The first-order valence-corrected chi connectivity index (χ1v) is 9.96. The van der Waals surface area contributed by atoms with Crippen molar-refractivity contribution in [3.63, 3.8) is 0 Å². The van der Waals surface area contributed by atoms with Crippen LogP contribution in [0.1, 0.15) is 36.5 Å². The zero-order valence-corrected chi connectivity index (χ0v) is 16.0. The largest absolute Gasteiger partial charge is 0.358 e. The minimum Gasteiger partial charge on any atom is -0.358 e. The van der Waals surface area contributed by atoms with E-state index >= 15 is 0 Å². The van der Waals surface area contributed by atoms with Crippen molar-refractivity contribution in [2.24, 2.45) is 5.92 Å². The third-order valence-electron chi connectivity index (χ3n) is 5.99. The fourth-order valence-electron chi connectivity index (χ4n) is 4.14. The molecule has 4 rings (SSSR count). The molecule has 2 saturated heterocycles. The van der Waals surface area contributed by atoms with E-state index in [4.69, 9.17) is 0 Å². The van der Waals surface area contributed by atoms with Crippen LogP contribution < -0.4 is 4.90 Å². The molecule has 0 unspecified atom stereocenters. The van der Waals surface area contributed by atoms with Crippen LogP contribution in [-0.2, 0) is 0 Å². The number of hydrogen-bond donors (Lipinski definition) is 0. The summed E-state index contributed by atoms with van der Waals surface area (Å²) in [6.45, 7) is 8.23. The third-order valence-corrected chi connectivity index (χ3v) is 5.99. The quantitative estimate of drug-likeness (QED) is 0.831. The molecule has 0 N–H and O–H groups in total. The monoisotopic (exact) mass is 354 g/mol. The Kier molecular flexibility index (Phi) is 4.90. The molecule has 5 nitrogen and oxygen atoms in total. The Morgan fingerprint density at radius 3 is 2.54 bits per heavy atom. The molecule has 0 spiro atoms. The number of aromatic nitrogens is 1. The lowest BCUT2D eigenvalue weighted by Gasteiger charge is -2.31. The molecule has 0 aromatic carbocycles. The maximum absolute atomic E-state index is 13.0. The number of carbonyl (C=O) groups excluding carboxylic acids is 1. The Morgan fingerprint density at radius 1 is 0.962 bits per heavy atom.